The standard InChI is InChI=1S/C20H25NO2/c1-5-21(17-9-7-6-8-10-17)20(22)14-23-19-13-16(4)11-12-18(19)15(2)3/h6-13,15H,5,14H2,1-4H3. The number of carbonyl (C=O) groups is 1. The van der Waals surface area contributed by atoms with Gasteiger partial charge in [-0.15, -0.1) is 0 Å². The minimum Gasteiger partial charge on any atom is -0.483 e. The van der Waals surface area contributed by atoms with Crippen LogP contribution in [0.4, 0.5) is 5.69 Å². The Balaban J connectivity index is 2.11. The van der Waals surface area contributed by atoms with Gasteiger partial charge in [0.1, 0.15) is 5.75 Å². The van der Waals surface area contributed by atoms with Crippen LogP contribution in [0.1, 0.15) is 37.8 Å². The Morgan fingerprint density at radius 2 is 1.83 bits per heavy atom. The highest BCUT2D eigenvalue weighted by Crippen LogP contribution is 2.27. The zero-order chi connectivity index (χ0) is 16.8. The minimum atomic E-state index is -0.0325. The molecule has 0 fully saturated rings. The summed E-state index contributed by atoms with van der Waals surface area (Å²) in [5.74, 6) is 1.13. The van der Waals surface area contributed by atoms with Crippen molar-refractivity contribution in [1.29, 1.82) is 0 Å². The number of aryl methyl sites for hydroxylation is 1. The molecule has 122 valence electrons. The molecular formula is C20H25NO2. The smallest absolute Gasteiger partial charge is 0.264 e. The quantitative estimate of drug-likeness (QED) is 0.783. The first-order valence-corrected chi connectivity index (χ1v) is 8.11. The predicted molar refractivity (Wildman–Crippen MR) is 95.2 cm³/mol. The highest BCUT2D eigenvalue weighted by Gasteiger charge is 2.16. The van der Waals surface area contributed by atoms with Gasteiger partial charge in [-0.25, -0.2) is 0 Å². The van der Waals surface area contributed by atoms with E-state index in [1.165, 1.54) is 0 Å². The number of ether oxygens (including phenoxy) is 1. The van der Waals surface area contributed by atoms with Crippen LogP contribution >= 0.6 is 0 Å². The number of nitrogens with zero attached hydrogens (tertiary/aromatic N) is 1. The van der Waals surface area contributed by atoms with Crippen molar-refractivity contribution in [3.05, 3.63) is 59.7 Å². The molecule has 0 aliphatic carbocycles. The van der Waals surface area contributed by atoms with E-state index in [2.05, 4.69) is 26.0 Å². The Bertz CT molecular complexity index is 650. The summed E-state index contributed by atoms with van der Waals surface area (Å²) in [6, 6.07) is 15.8. The number of likely N-dealkylation sites (N-methyl/N-ethyl adjacent to an activating group) is 1. The van der Waals surface area contributed by atoms with Crippen molar-refractivity contribution in [2.45, 2.75) is 33.6 Å². The van der Waals surface area contributed by atoms with Crippen molar-refractivity contribution in [2.24, 2.45) is 0 Å². The largest absolute Gasteiger partial charge is 0.483 e. The number of rotatable bonds is 6. The molecule has 0 atom stereocenters. The minimum absolute atomic E-state index is 0.0325. The summed E-state index contributed by atoms with van der Waals surface area (Å²) < 4.78 is 5.85. The van der Waals surface area contributed by atoms with Crippen LogP contribution < -0.4 is 9.64 Å². The molecule has 2 aromatic rings. The first kappa shape index (κ1) is 17.1. The topological polar surface area (TPSA) is 29.5 Å². The van der Waals surface area contributed by atoms with Crippen LogP contribution in [0.15, 0.2) is 48.5 Å². The third kappa shape index (κ3) is 4.35. The molecule has 0 unspecified atom stereocenters. The average molecular weight is 311 g/mol. The summed E-state index contributed by atoms with van der Waals surface area (Å²) in [7, 11) is 0. The molecule has 0 aromatic heterocycles. The number of hydrogen-bond acceptors (Lipinski definition) is 2. The predicted octanol–water partition coefficient (Wildman–Crippen LogP) is 4.55. The number of carbonyl (C=O) groups excluding carboxylic acids is 1. The molecule has 0 N–H and O–H groups in total. The molecule has 3 nitrogen and oxygen atoms in total. The molecule has 0 heterocycles. The lowest BCUT2D eigenvalue weighted by atomic mass is 10.0. The van der Waals surface area contributed by atoms with E-state index in [9.17, 15) is 4.79 Å². The molecule has 23 heavy (non-hydrogen) atoms. The summed E-state index contributed by atoms with van der Waals surface area (Å²) in [5, 5.41) is 0. The van der Waals surface area contributed by atoms with Crippen LogP contribution in [0.25, 0.3) is 0 Å². The van der Waals surface area contributed by atoms with E-state index in [1.54, 1.807) is 4.90 Å². The fourth-order valence-electron chi connectivity index (χ4n) is 2.57. The van der Waals surface area contributed by atoms with Crippen molar-refractivity contribution in [3.63, 3.8) is 0 Å². The summed E-state index contributed by atoms with van der Waals surface area (Å²) in [6.45, 7) is 8.92. The maximum absolute atomic E-state index is 12.5. The van der Waals surface area contributed by atoms with Gasteiger partial charge in [0, 0.05) is 12.2 Å². The van der Waals surface area contributed by atoms with E-state index in [0.29, 0.717) is 12.5 Å². The summed E-state index contributed by atoms with van der Waals surface area (Å²) >= 11 is 0. The lowest BCUT2D eigenvalue weighted by Crippen LogP contribution is -2.34. The van der Waals surface area contributed by atoms with Crippen molar-refractivity contribution in [1.82, 2.24) is 0 Å². The Labute approximate surface area is 138 Å². The van der Waals surface area contributed by atoms with E-state index in [4.69, 9.17) is 4.74 Å². The van der Waals surface area contributed by atoms with Crippen LogP contribution in [-0.2, 0) is 4.79 Å². The Kier molecular flexibility index (Phi) is 5.80. The van der Waals surface area contributed by atoms with E-state index < -0.39 is 0 Å². The maximum atomic E-state index is 12.5. The second-order valence-corrected chi connectivity index (χ2v) is 5.96. The molecule has 0 spiro atoms. The first-order valence-electron chi connectivity index (χ1n) is 8.11. The molecular weight excluding hydrogens is 286 g/mol. The summed E-state index contributed by atoms with van der Waals surface area (Å²) in [5.41, 5.74) is 3.16. The number of anilines is 1. The number of para-hydroxylation sites is 1. The molecule has 2 rings (SSSR count). The zero-order valence-electron chi connectivity index (χ0n) is 14.4. The van der Waals surface area contributed by atoms with E-state index >= 15 is 0 Å². The van der Waals surface area contributed by atoms with Crippen LogP contribution in [-0.4, -0.2) is 19.1 Å². The van der Waals surface area contributed by atoms with Gasteiger partial charge >= 0.3 is 0 Å². The van der Waals surface area contributed by atoms with Crippen LogP contribution in [0.2, 0.25) is 0 Å². The highest BCUT2D eigenvalue weighted by molar-refractivity contribution is 5.94. The second kappa shape index (κ2) is 7.82. The van der Waals surface area contributed by atoms with Crippen LogP contribution in [0, 0.1) is 6.92 Å². The Morgan fingerprint density at radius 3 is 2.43 bits per heavy atom. The molecule has 2 aromatic carbocycles. The highest BCUT2D eigenvalue weighted by atomic mass is 16.5. The van der Waals surface area contributed by atoms with Gasteiger partial charge in [0.05, 0.1) is 0 Å². The molecule has 1 amide bonds. The normalized spacial score (nSPS) is 10.7. The average Bonchev–Trinajstić information content (AvgIpc) is 2.54. The van der Waals surface area contributed by atoms with Crippen molar-refractivity contribution >= 4 is 11.6 Å². The molecule has 3 heteroatoms. The van der Waals surface area contributed by atoms with Gasteiger partial charge in [0.15, 0.2) is 6.61 Å². The molecule has 0 saturated heterocycles. The SMILES string of the molecule is CCN(C(=O)COc1cc(C)ccc1C(C)C)c1ccccc1. The van der Waals surface area contributed by atoms with Gasteiger partial charge in [-0.1, -0.05) is 44.2 Å². The van der Waals surface area contributed by atoms with Gasteiger partial charge in [0.25, 0.3) is 5.91 Å². The summed E-state index contributed by atoms with van der Waals surface area (Å²) in [6.07, 6.45) is 0. The molecule has 0 aliphatic heterocycles. The number of hydrogen-bond donors (Lipinski definition) is 0. The number of benzene rings is 2. The Hall–Kier alpha value is -2.29. The monoisotopic (exact) mass is 311 g/mol. The third-order valence-electron chi connectivity index (χ3n) is 3.83. The van der Waals surface area contributed by atoms with Gasteiger partial charge in [-0.2, -0.15) is 0 Å². The van der Waals surface area contributed by atoms with Crippen molar-refractivity contribution in [2.75, 3.05) is 18.1 Å². The maximum Gasteiger partial charge on any atom is 0.264 e. The zero-order valence-corrected chi connectivity index (χ0v) is 14.4. The molecule has 0 aliphatic rings. The van der Waals surface area contributed by atoms with Gasteiger partial charge < -0.3 is 9.64 Å². The lowest BCUT2D eigenvalue weighted by molar-refractivity contribution is -0.120. The second-order valence-electron chi connectivity index (χ2n) is 5.96. The fourth-order valence-corrected chi connectivity index (χ4v) is 2.57. The molecule has 0 radical (unpaired) electrons. The summed E-state index contributed by atoms with van der Waals surface area (Å²) in [4.78, 5) is 14.3. The Morgan fingerprint density at radius 1 is 1.13 bits per heavy atom. The number of amides is 1. The van der Waals surface area contributed by atoms with Crippen molar-refractivity contribution < 1.29 is 9.53 Å². The van der Waals surface area contributed by atoms with Crippen LogP contribution in [0.5, 0.6) is 5.75 Å². The van der Waals surface area contributed by atoms with Crippen LogP contribution in [0.3, 0.4) is 0 Å². The van der Waals surface area contributed by atoms with E-state index in [0.717, 1.165) is 22.6 Å². The van der Waals surface area contributed by atoms with Crippen molar-refractivity contribution in [3.8, 4) is 5.75 Å². The lowest BCUT2D eigenvalue weighted by Gasteiger charge is -2.22. The van der Waals surface area contributed by atoms with Gasteiger partial charge in [-0.3, -0.25) is 4.79 Å². The van der Waals surface area contributed by atoms with E-state index in [-0.39, 0.29) is 12.5 Å². The van der Waals surface area contributed by atoms with Gasteiger partial charge in [-0.05, 0) is 49.1 Å². The molecule has 0 saturated carbocycles. The van der Waals surface area contributed by atoms with E-state index in [1.807, 2.05) is 50.2 Å². The fraction of sp³-hybridized carbons (Fsp3) is 0.350. The first-order chi connectivity index (χ1) is 11.0. The van der Waals surface area contributed by atoms with Gasteiger partial charge in [0.2, 0.25) is 0 Å². The molecule has 0 bridgehead atoms. The third-order valence-corrected chi connectivity index (χ3v) is 3.83.